The van der Waals surface area contributed by atoms with Crippen LogP contribution in [-0.2, 0) is 0 Å². The first-order valence-corrected chi connectivity index (χ1v) is 10.3. The molecule has 1 fully saturated rings. The molecule has 8 nitrogen and oxygen atoms in total. The molecule has 150 valence electrons. The number of carbonyl (C=O) groups excluding carboxylic acids is 1. The zero-order chi connectivity index (χ0) is 20.1. The van der Waals surface area contributed by atoms with E-state index in [9.17, 15) is 4.79 Å². The Bertz CT molecular complexity index is 929. The average molecular weight is 432 g/mol. The van der Waals surface area contributed by atoms with Crippen LogP contribution < -0.4 is 9.47 Å². The van der Waals surface area contributed by atoms with Gasteiger partial charge in [-0.15, -0.1) is 0 Å². The Labute approximate surface area is 176 Å². The molecular formula is C19H18ClN5O3S. The summed E-state index contributed by atoms with van der Waals surface area (Å²) in [7, 11) is 0. The fourth-order valence-electron chi connectivity index (χ4n) is 2.85. The molecule has 0 unspecified atom stereocenters. The van der Waals surface area contributed by atoms with Gasteiger partial charge in [-0.2, -0.15) is 5.10 Å². The van der Waals surface area contributed by atoms with Crippen molar-refractivity contribution in [2.45, 2.75) is 23.2 Å². The summed E-state index contributed by atoms with van der Waals surface area (Å²) < 4.78 is 11.1. The van der Waals surface area contributed by atoms with Gasteiger partial charge in [-0.05, 0) is 43.2 Å². The summed E-state index contributed by atoms with van der Waals surface area (Å²) in [5.74, 6) is 1.49. The number of likely N-dealkylation sites (tertiary alicyclic amines) is 1. The lowest BCUT2D eigenvalue weighted by Crippen LogP contribution is -2.40. The van der Waals surface area contributed by atoms with Crippen LogP contribution in [0.25, 0.3) is 0 Å². The third kappa shape index (κ3) is 5.39. The number of nitrogens with zero attached hydrogens (tertiary/aromatic N) is 4. The van der Waals surface area contributed by atoms with E-state index in [0.717, 1.165) is 18.0 Å². The van der Waals surface area contributed by atoms with Crippen molar-refractivity contribution < 1.29 is 14.3 Å². The van der Waals surface area contributed by atoms with Crippen LogP contribution in [0, 0.1) is 0 Å². The van der Waals surface area contributed by atoms with Gasteiger partial charge in [-0.25, -0.2) is 14.8 Å². The number of halogens is 1. The van der Waals surface area contributed by atoms with Gasteiger partial charge in [0.2, 0.25) is 5.88 Å². The molecule has 4 rings (SSSR count). The highest BCUT2D eigenvalue weighted by atomic mass is 35.5. The van der Waals surface area contributed by atoms with Gasteiger partial charge in [0.15, 0.2) is 5.16 Å². The monoisotopic (exact) mass is 431 g/mol. The highest BCUT2D eigenvalue weighted by molar-refractivity contribution is 7.99. The molecule has 3 heterocycles. The number of H-pyrrole nitrogens is 1. The highest BCUT2D eigenvalue weighted by Crippen LogP contribution is 2.28. The predicted octanol–water partition coefficient (Wildman–Crippen LogP) is 4.40. The number of hydrogen-bond donors (Lipinski definition) is 1. The van der Waals surface area contributed by atoms with Crippen molar-refractivity contribution in [2.75, 3.05) is 13.1 Å². The lowest BCUT2D eigenvalue weighted by molar-refractivity contribution is 0.143. The van der Waals surface area contributed by atoms with Gasteiger partial charge in [-0.1, -0.05) is 23.4 Å². The number of benzene rings is 1. The third-order valence-corrected chi connectivity index (χ3v) is 5.77. The van der Waals surface area contributed by atoms with Gasteiger partial charge in [0.25, 0.3) is 0 Å². The second-order valence-electron chi connectivity index (χ2n) is 6.35. The molecule has 0 aliphatic carbocycles. The fraction of sp³-hybridized carbons (Fsp3) is 0.263. The molecule has 0 spiro atoms. The first-order chi connectivity index (χ1) is 14.2. The molecular weight excluding hydrogens is 414 g/mol. The number of rotatable bonds is 5. The Kier molecular flexibility index (Phi) is 6.16. The molecule has 2 aromatic heterocycles. The number of ether oxygens (including phenoxy) is 2. The molecule has 1 N–H and O–H groups in total. The average Bonchev–Trinajstić information content (AvgIpc) is 3.25. The summed E-state index contributed by atoms with van der Waals surface area (Å²) in [5.41, 5.74) is 0. The minimum absolute atomic E-state index is 0.346. The molecule has 0 saturated carbocycles. The molecule has 10 heteroatoms. The lowest BCUT2D eigenvalue weighted by atomic mass is 10.1. The van der Waals surface area contributed by atoms with Crippen LogP contribution in [0.1, 0.15) is 12.8 Å². The third-order valence-electron chi connectivity index (χ3n) is 4.32. The standard InChI is InChI=1S/C19H18ClN5O3S/c20-13-1-6-17(21-11-13)27-14-2-4-15(5-3-14)28-19(26)25-9-7-16(8-10-25)29-18-22-12-23-24-18/h1-6,11-12,16H,7-10H2,(H,22,23,24). The molecule has 0 atom stereocenters. The lowest BCUT2D eigenvalue weighted by Gasteiger charge is -2.30. The highest BCUT2D eigenvalue weighted by Gasteiger charge is 2.25. The Morgan fingerprint density at radius 3 is 2.52 bits per heavy atom. The zero-order valence-corrected chi connectivity index (χ0v) is 16.9. The van der Waals surface area contributed by atoms with Crippen molar-refractivity contribution in [2.24, 2.45) is 0 Å². The van der Waals surface area contributed by atoms with E-state index in [4.69, 9.17) is 21.1 Å². The van der Waals surface area contributed by atoms with Crippen molar-refractivity contribution in [1.82, 2.24) is 25.1 Å². The largest absolute Gasteiger partial charge is 0.439 e. The van der Waals surface area contributed by atoms with Crippen molar-refractivity contribution in [3.8, 4) is 17.4 Å². The SMILES string of the molecule is O=C(Oc1ccc(Oc2ccc(Cl)cn2)cc1)N1CCC(Sc2ncn[nH]2)CC1. The van der Waals surface area contributed by atoms with Crippen LogP contribution in [-0.4, -0.2) is 49.5 Å². The van der Waals surface area contributed by atoms with Crippen molar-refractivity contribution in [3.63, 3.8) is 0 Å². The van der Waals surface area contributed by atoms with E-state index in [1.807, 2.05) is 0 Å². The van der Waals surface area contributed by atoms with Crippen molar-refractivity contribution in [1.29, 1.82) is 0 Å². The number of thioether (sulfide) groups is 1. The van der Waals surface area contributed by atoms with Gasteiger partial charge in [0, 0.05) is 30.6 Å². The number of aromatic amines is 1. The molecule has 1 aromatic carbocycles. The molecule has 0 radical (unpaired) electrons. The number of pyridine rings is 1. The van der Waals surface area contributed by atoms with E-state index in [1.165, 1.54) is 12.5 Å². The second-order valence-corrected chi connectivity index (χ2v) is 8.08. The molecule has 1 aliphatic rings. The smallest absolute Gasteiger partial charge is 0.415 e. The van der Waals surface area contributed by atoms with Crippen molar-refractivity contribution >= 4 is 29.5 Å². The number of carbonyl (C=O) groups is 1. The van der Waals surface area contributed by atoms with E-state index in [0.29, 0.717) is 40.7 Å². The summed E-state index contributed by atoms with van der Waals surface area (Å²) >= 11 is 7.47. The maximum atomic E-state index is 12.4. The van der Waals surface area contributed by atoms with Crippen LogP contribution in [0.2, 0.25) is 5.02 Å². The number of piperidine rings is 1. The number of nitrogens with one attached hydrogen (secondary N) is 1. The van der Waals surface area contributed by atoms with E-state index in [1.54, 1.807) is 53.1 Å². The molecule has 3 aromatic rings. The van der Waals surface area contributed by atoms with Gasteiger partial charge < -0.3 is 14.4 Å². The van der Waals surface area contributed by atoms with Crippen LogP contribution in [0.3, 0.4) is 0 Å². The van der Waals surface area contributed by atoms with Crippen LogP contribution in [0.15, 0.2) is 54.1 Å². The first kappa shape index (κ1) is 19.5. The summed E-state index contributed by atoms with van der Waals surface area (Å²) in [5, 5.41) is 8.46. The van der Waals surface area contributed by atoms with Crippen LogP contribution >= 0.6 is 23.4 Å². The van der Waals surface area contributed by atoms with Gasteiger partial charge in [-0.3, -0.25) is 5.10 Å². The topological polar surface area (TPSA) is 93.2 Å². The van der Waals surface area contributed by atoms with E-state index < -0.39 is 0 Å². The van der Waals surface area contributed by atoms with E-state index >= 15 is 0 Å². The van der Waals surface area contributed by atoms with Crippen molar-refractivity contribution in [3.05, 3.63) is 53.9 Å². The second kappa shape index (κ2) is 9.15. The summed E-state index contributed by atoms with van der Waals surface area (Å²) in [6.45, 7) is 1.29. The first-order valence-electron chi connectivity index (χ1n) is 9.04. The number of aromatic nitrogens is 4. The van der Waals surface area contributed by atoms with Gasteiger partial charge in [0.1, 0.15) is 17.8 Å². The maximum absolute atomic E-state index is 12.4. The number of amides is 1. The van der Waals surface area contributed by atoms with E-state index in [-0.39, 0.29) is 6.09 Å². The fourth-order valence-corrected chi connectivity index (χ4v) is 3.94. The zero-order valence-electron chi connectivity index (χ0n) is 15.3. The molecule has 29 heavy (non-hydrogen) atoms. The maximum Gasteiger partial charge on any atom is 0.415 e. The Morgan fingerprint density at radius 2 is 1.86 bits per heavy atom. The summed E-state index contributed by atoms with van der Waals surface area (Å²) in [4.78, 5) is 22.3. The van der Waals surface area contributed by atoms with Crippen LogP contribution in [0.5, 0.6) is 17.4 Å². The summed E-state index contributed by atoms with van der Waals surface area (Å²) in [6, 6.07) is 10.2. The minimum Gasteiger partial charge on any atom is -0.439 e. The van der Waals surface area contributed by atoms with E-state index in [2.05, 4.69) is 20.2 Å². The molecule has 1 amide bonds. The normalized spacial score (nSPS) is 14.6. The molecule has 1 saturated heterocycles. The number of hydrogen-bond acceptors (Lipinski definition) is 7. The van der Waals surface area contributed by atoms with Crippen LogP contribution in [0.4, 0.5) is 4.79 Å². The quantitative estimate of drug-likeness (QED) is 0.639. The molecule has 0 bridgehead atoms. The predicted molar refractivity (Wildman–Crippen MR) is 109 cm³/mol. The Hall–Kier alpha value is -2.78. The molecule has 1 aliphatic heterocycles. The summed E-state index contributed by atoms with van der Waals surface area (Å²) in [6.07, 6.45) is 4.42. The van der Waals surface area contributed by atoms with Gasteiger partial charge in [0.05, 0.1) is 5.02 Å². The minimum atomic E-state index is -0.346. The Balaban J connectivity index is 1.26. The van der Waals surface area contributed by atoms with Gasteiger partial charge >= 0.3 is 6.09 Å². The Morgan fingerprint density at radius 1 is 1.10 bits per heavy atom.